The third-order valence-corrected chi connectivity index (χ3v) is 6.94. The number of rotatable bonds is 7. The summed E-state index contributed by atoms with van der Waals surface area (Å²) >= 11 is 1.28. The molecule has 8 nitrogen and oxygen atoms in total. The average Bonchev–Trinajstić information content (AvgIpc) is 3.17. The van der Waals surface area contributed by atoms with Gasteiger partial charge in [0.1, 0.15) is 6.04 Å². The zero-order valence-electron chi connectivity index (χ0n) is 21.2. The summed E-state index contributed by atoms with van der Waals surface area (Å²) in [6.07, 6.45) is 1.84. The fraction of sp³-hybridized carbons (Fsp3) is 0.296. The van der Waals surface area contributed by atoms with Crippen molar-refractivity contribution in [2.24, 2.45) is 4.99 Å². The smallest absolute Gasteiger partial charge is 0.338 e. The molecule has 2 aromatic carbocycles. The number of benzene rings is 2. The van der Waals surface area contributed by atoms with E-state index in [-0.39, 0.29) is 17.7 Å². The van der Waals surface area contributed by atoms with Crippen LogP contribution in [0.15, 0.2) is 63.5 Å². The molecule has 2 heterocycles. The van der Waals surface area contributed by atoms with Gasteiger partial charge in [-0.2, -0.15) is 0 Å². The third-order valence-electron chi connectivity index (χ3n) is 5.95. The highest BCUT2D eigenvalue weighted by Gasteiger charge is 2.35. The summed E-state index contributed by atoms with van der Waals surface area (Å²) in [6, 6.07) is 12.5. The van der Waals surface area contributed by atoms with Crippen LogP contribution in [0.5, 0.6) is 11.5 Å². The van der Waals surface area contributed by atoms with Gasteiger partial charge in [-0.05, 0) is 43.7 Å². The summed E-state index contributed by atoms with van der Waals surface area (Å²) in [5.41, 5.74) is 3.09. The van der Waals surface area contributed by atoms with E-state index in [1.807, 2.05) is 55.4 Å². The Balaban J connectivity index is 1.96. The van der Waals surface area contributed by atoms with E-state index in [1.165, 1.54) is 18.4 Å². The minimum Gasteiger partial charge on any atom is -0.493 e. The summed E-state index contributed by atoms with van der Waals surface area (Å²) in [4.78, 5) is 34.0. The van der Waals surface area contributed by atoms with Crippen LogP contribution >= 0.6 is 11.3 Å². The number of para-hydroxylation sites is 1. The van der Waals surface area contributed by atoms with Gasteiger partial charge in [0.2, 0.25) is 0 Å². The fourth-order valence-corrected chi connectivity index (χ4v) is 5.28. The molecule has 188 valence electrons. The number of aromatic nitrogens is 1. The SMILES string of the molecule is CCOC(=O)C1=C(C)N=c2s/c(=C\c3ccc(N(C)C)cc3)c(=O)n2C1c1cccc(OC)c1OC. The van der Waals surface area contributed by atoms with E-state index in [9.17, 15) is 9.59 Å². The van der Waals surface area contributed by atoms with Crippen molar-refractivity contribution in [2.45, 2.75) is 19.9 Å². The summed E-state index contributed by atoms with van der Waals surface area (Å²) in [5, 5.41) is 0. The van der Waals surface area contributed by atoms with Gasteiger partial charge in [0.25, 0.3) is 5.56 Å². The number of methoxy groups -OCH3 is 2. The number of anilines is 1. The van der Waals surface area contributed by atoms with Gasteiger partial charge in [0.05, 0.1) is 36.6 Å². The summed E-state index contributed by atoms with van der Waals surface area (Å²) < 4.78 is 18.6. The molecular formula is C27H29N3O5S. The number of carbonyl (C=O) groups is 1. The number of nitrogens with zero attached hydrogens (tertiary/aromatic N) is 3. The molecule has 0 spiro atoms. The molecule has 1 aromatic heterocycles. The van der Waals surface area contributed by atoms with Crippen LogP contribution in [0, 0.1) is 0 Å². The standard InChI is InChI=1S/C27H29N3O5S/c1-7-35-26(32)22-16(2)28-27-30(23(22)19-9-8-10-20(33-5)24(19)34-6)25(31)21(36-27)15-17-11-13-18(14-12-17)29(3)4/h8-15,23H,7H2,1-6H3/b21-15-. The second-order valence-electron chi connectivity index (χ2n) is 8.37. The van der Waals surface area contributed by atoms with Gasteiger partial charge in [-0.3, -0.25) is 9.36 Å². The van der Waals surface area contributed by atoms with Gasteiger partial charge in [-0.25, -0.2) is 9.79 Å². The molecule has 1 aliphatic rings. The minimum atomic E-state index is -0.788. The largest absolute Gasteiger partial charge is 0.493 e. The number of ether oxygens (including phenoxy) is 3. The summed E-state index contributed by atoms with van der Waals surface area (Å²) in [6.45, 7) is 3.69. The number of esters is 1. The zero-order chi connectivity index (χ0) is 26.0. The maximum atomic E-state index is 13.8. The maximum absolute atomic E-state index is 13.8. The molecule has 0 radical (unpaired) electrons. The predicted octanol–water partition coefficient (Wildman–Crippen LogP) is 2.88. The van der Waals surface area contributed by atoms with Crippen LogP contribution in [0.2, 0.25) is 0 Å². The number of hydrogen-bond acceptors (Lipinski definition) is 8. The maximum Gasteiger partial charge on any atom is 0.338 e. The zero-order valence-corrected chi connectivity index (χ0v) is 22.0. The quantitative estimate of drug-likeness (QED) is 0.458. The first kappa shape index (κ1) is 25.2. The Hall–Kier alpha value is -3.85. The average molecular weight is 508 g/mol. The number of allylic oxidation sites excluding steroid dienone is 1. The Morgan fingerprint density at radius 3 is 2.47 bits per heavy atom. The van der Waals surface area contributed by atoms with Crippen molar-refractivity contribution in [3.05, 3.63) is 84.5 Å². The number of hydrogen-bond donors (Lipinski definition) is 0. The molecule has 0 saturated heterocycles. The van der Waals surface area contributed by atoms with Crippen molar-refractivity contribution in [3.63, 3.8) is 0 Å². The highest BCUT2D eigenvalue weighted by atomic mass is 32.1. The molecule has 4 rings (SSSR count). The highest BCUT2D eigenvalue weighted by molar-refractivity contribution is 7.07. The number of thiazole rings is 1. The van der Waals surface area contributed by atoms with Crippen LogP contribution in [-0.4, -0.2) is 45.5 Å². The van der Waals surface area contributed by atoms with E-state index < -0.39 is 12.0 Å². The molecule has 1 atom stereocenters. The lowest BCUT2D eigenvalue weighted by Gasteiger charge is -2.26. The van der Waals surface area contributed by atoms with E-state index >= 15 is 0 Å². The Labute approximate surface area is 213 Å². The first-order valence-electron chi connectivity index (χ1n) is 11.5. The van der Waals surface area contributed by atoms with E-state index in [2.05, 4.69) is 4.99 Å². The van der Waals surface area contributed by atoms with Gasteiger partial charge < -0.3 is 19.1 Å². The van der Waals surface area contributed by atoms with E-state index in [0.29, 0.717) is 32.1 Å². The molecule has 0 aliphatic carbocycles. The molecule has 0 bridgehead atoms. The van der Waals surface area contributed by atoms with E-state index in [1.54, 1.807) is 37.7 Å². The van der Waals surface area contributed by atoms with Crippen LogP contribution in [0.1, 0.15) is 31.0 Å². The summed E-state index contributed by atoms with van der Waals surface area (Å²) in [5.74, 6) is 0.411. The van der Waals surface area contributed by atoms with E-state index in [0.717, 1.165) is 11.3 Å². The normalized spacial score (nSPS) is 15.3. The predicted molar refractivity (Wildman–Crippen MR) is 141 cm³/mol. The first-order chi connectivity index (χ1) is 17.3. The molecule has 0 N–H and O–H groups in total. The first-order valence-corrected chi connectivity index (χ1v) is 12.3. The Morgan fingerprint density at radius 1 is 1.14 bits per heavy atom. The van der Waals surface area contributed by atoms with Gasteiger partial charge >= 0.3 is 5.97 Å². The number of fused-ring (bicyclic) bond motifs is 1. The van der Waals surface area contributed by atoms with Gasteiger partial charge in [-0.15, -0.1) is 0 Å². The van der Waals surface area contributed by atoms with Crippen molar-refractivity contribution >= 4 is 29.1 Å². The third kappa shape index (κ3) is 4.54. The molecular weight excluding hydrogens is 478 g/mol. The van der Waals surface area contributed by atoms with Crippen LogP contribution in [0.4, 0.5) is 5.69 Å². The van der Waals surface area contributed by atoms with Crippen molar-refractivity contribution < 1.29 is 19.0 Å². The Bertz CT molecular complexity index is 1500. The molecule has 1 unspecified atom stereocenters. The van der Waals surface area contributed by atoms with Crippen LogP contribution in [-0.2, 0) is 9.53 Å². The lowest BCUT2D eigenvalue weighted by molar-refractivity contribution is -0.139. The lowest BCUT2D eigenvalue weighted by Crippen LogP contribution is -2.40. The van der Waals surface area contributed by atoms with E-state index in [4.69, 9.17) is 14.2 Å². The van der Waals surface area contributed by atoms with Crippen molar-refractivity contribution in [1.29, 1.82) is 0 Å². The highest BCUT2D eigenvalue weighted by Crippen LogP contribution is 2.40. The molecule has 3 aromatic rings. The minimum absolute atomic E-state index is 0.199. The van der Waals surface area contributed by atoms with Gasteiger partial charge in [-0.1, -0.05) is 35.6 Å². The monoisotopic (exact) mass is 507 g/mol. The molecule has 0 fully saturated rings. The summed E-state index contributed by atoms with van der Waals surface area (Å²) in [7, 11) is 7.03. The molecule has 0 saturated carbocycles. The number of carbonyl (C=O) groups excluding carboxylic acids is 1. The van der Waals surface area contributed by atoms with Crippen LogP contribution < -0.4 is 29.3 Å². The second kappa shape index (κ2) is 10.4. The molecule has 1 aliphatic heterocycles. The lowest BCUT2D eigenvalue weighted by atomic mass is 9.94. The Morgan fingerprint density at radius 2 is 1.86 bits per heavy atom. The molecule has 36 heavy (non-hydrogen) atoms. The second-order valence-corrected chi connectivity index (χ2v) is 9.38. The topological polar surface area (TPSA) is 82.4 Å². The fourth-order valence-electron chi connectivity index (χ4n) is 4.23. The van der Waals surface area contributed by atoms with Crippen LogP contribution in [0.3, 0.4) is 0 Å². The molecule has 9 heteroatoms. The molecule has 0 amide bonds. The van der Waals surface area contributed by atoms with Crippen LogP contribution in [0.25, 0.3) is 6.08 Å². The van der Waals surface area contributed by atoms with Gasteiger partial charge in [0.15, 0.2) is 16.3 Å². The Kier molecular flexibility index (Phi) is 7.30. The van der Waals surface area contributed by atoms with Crippen molar-refractivity contribution in [1.82, 2.24) is 4.57 Å². The van der Waals surface area contributed by atoms with Crippen molar-refractivity contribution in [3.8, 4) is 11.5 Å². The van der Waals surface area contributed by atoms with Crippen molar-refractivity contribution in [2.75, 3.05) is 39.8 Å². The van der Waals surface area contributed by atoms with Gasteiger partial charge in [0, 0.05) is 25.3 Å².